The Morgan fingerprint density at radius 1 is 1.44 bits per heavy atom. The van der Waals surface area contributed by atoms with E-state index in [9.17, 15) is 9.59 Å². The fraction of sp³-hybridized carbons (Fsp3) is 0.833. The molecule has 0 heterocycles. The fourth-order valence-corrected chi connectivity index (χ4v) is 2.49. The van der Waals surface area contributed by atoms with Gasteiger partial charge in [0, 0.05) is 6.54 Å². The van der Waals surface area contributed by atoms with Crippen LogP contribution >= 0.6 is 0 Å². The molecule has 0 aromatic heterocycles. The van der Waals surface area contributed by atoms with Gasteiger partial charge >= 0.3 is 5.97 Å². The summed E-state index contributed by atoms with van der Waals surface area (Å²) in [7, 11) is 0. The third-order valence-corrected chi connectivity index (χ3v) is 3.47. The number of aliphatic carboxylic acids is 1. The van der Waals surface area contributed by atoms with Gasteiger partial charge in [0.2, 0.25) is 6.41 Å². The van der Waals surface area contributed by atoms with E-state index in [2.05, 4.69) is 0 Å². The molecule has 1 aliphatic rings. The molecular weight excluding hydrogens is 206 g/mol. The van der Waals surface area contributed by atoms with E-state index in [1.54, 1.807) is 0 Å². The highest BCUT2D eigenvalue weighted by Crippen LogP contribution is 2.28. The number of rotatable bonds is 6. The van der Waals surface area contributed by atoms with E-state index in [0.717, 1.165) is 12.8 Å². The third-order valence-electron chi connectivity index (χ3n) is 3.47. The molecule has 1 rings (SSSR count). The minimum absolute atomic E-state index is 0.465. The Bertz CT molecular complexity index is 236. The standard InChI is InChI=1S/C12H21NO3/c1-2-13(9-14)11(12(15)16)8-10-6-4-3-5-7-10/h9-11H,2-8H2,1H3,(H,15,16). The molecule has 0 aromatic carbocycles. The Labute approximate surface area is 96.6 Å². The maximum Gasteiger partial charge on any atom is 0.326 e. The Morgan fingerprint density at radius 2 is 2.06 bits per heavy atom. The fourth-order valence-electron chi connectivity index (χ4n) is 2.49. The van der Waals surface area contributed by atoms with Crippen molar-refractivity contribution in [2.45, 2.75) is 51.5 Å². The van der Waals surface area contributed by atoms with Gasteiger partial charge in [-0.1, -0.05) is 32.1 Å². The highest BCUT2D eigenvalue weighted by Gasteiger charge is 2.27. The number of amides is 1. The number of carbonyl (C=O) groups is 2. The second-order valence-electron chi connectivity index (χ2n) is 4.53. The van der Waals surface area contributed by atoms with Crippen molar-refractivity contribution in [3.05, 3.63) is 0 Å². The van der Waals surface area contributed by atoms with Crippen LogP contribution in [0.15, 0.2) is 0 Å². The lowest BCUT2D eigenvalue weighted by atomic mass is 9.84. The van der Waals surface area contributed by atoms with Crippen LogP contribution in [0.4, 0.5) is 0 Å². The molecule has 0 aliphatic heterocycles. The number of hydrogen-bond donors (Lipinski definition) is 1. The van der Waals surface area contributed by atoms with Crippen LogP contribution in [-0.2, 0) is 9.59 Å². The van der Waals surface area contributed by atoms with Crippen LogP contribution in [0.5, 0.6) is 0 Å². The first-order valence-electron chi connectivity index (χ1n) is 6.12. The molecule has 0 saturated heterocycles. The van der Waals surface area contributed by atoms with Crippen molar-refractivity contribution in [2.24, 2.45) is 5.92 Å². The highest BCUT2D eigenvalue weighted by atomic mass is 16.4. The zero-order valence-corrected chi connectivity index (χ0v) is 9.89. The topological polar surface area (TPSA) is 57.6 Å². The number of likely N-dealkylation sites (N-methyl/N-ethyl adjacent to an activating group) is 1. The van der Waals surface area contributed by atoms with Crippen molar-refractivity contribution in [1.29, 1.82) is 0 Å². The van der Waals surface area contributed by atoms with Gasteiger partial charge in [-0.25, -0.2) is 4.79 Å². The molecule has 1 aliphatic carbocycles. The molecule has 1 saturated carbocycles. The lowest BCUT2D eigenvalue weighted by Gasteiger charge is -2.29. The van der Waals surface area contributed by atoms with Crippen molar-refractivity contribution in [2.75, 3.05) is 6.54 Å². The van der Waals surface area contributed by atoms with Gasteiger partial charge < -0.3 is 10.0 Å². The van der Waals surface area contributed by atoms with E-state index >= 15 is 0 Å². The number of carboxylic acids is 1. The van der Waals surface area contributed by atoms with Crippen molar-refractivity contribution in [1.82, 2.24) is 4.90 Å². The second-order valence-corrected chi connectivity index (χ2v) is 4.53. The molecule has 1 atom stereocenters. The van der Waals surface area contributed by atoms with E-state index in [1.807, 2.05) is 6.92 Å². The first-order chi connectivity index (χ1) is 7.69. The number of hydrogen-bond acceptors (Lipinski definition) is 2. The summed E-state index contributed by atoms with van der Waals surface area (Å²) in [6.45, 7) is 2.28. The van der Waals surface area contributed by atoms with Crippen molar-refractivity contribution >= 4 is 12.4 Å². The van der Waals surface area contributed by atoms with Gasteiger partial charge in [0.05, 0.1) is 0 Å². The highest BCUT2D eigenvalue weighted by molar-refractivity contribution is 5.76. The number of carbonyl (C=O) groups excluding carboxylic acids is 1. The van der Waals surface area contributed by atoms with E-state index in [4.69, 9.17) is 5.11 Å². The predicted octanol–water partition coefficient (Wildman–Crippen LogP) is 1.89. The maximum atomic E-state index is 11.1. The average Bonchev–Trinajstić information content (AvgIpc) is 2.30. The first kappa shape index (κ1) is 13.0. The Morgan fingerprint density at radius 3 is 2.50 bits per heavy atom. The predicted molar refractivity (Wildman–Crippen MR) is 61.1 cm³/mol. The Balaban J connectivity index is 2.55. The first-order valence-corrected chi connectivity index (χ1v) is 6.12. The van der Waals surface area contributed by atoms with Crippen LogP contribution in [-0.4, -0.2) is 35.0 Å². The lowest BCUT2D eigenvalue weighted by Crippen LogP contribution is -2.41. The molecule has 0 aromatic rings. The van der Waals surface area contributed by atoms with Crippen molar-refractivity contribution < 1.29 is 14.7 Å². The molecule has 16 heavy (non-hydrogen) atoms. The molecule has 1 fully saturated rings. The van der Waals surface area contributed by atoms with Gasteiger partial charge in [-0.05, 0) is 19.3 Å². The maximum absolute atomic E-state index is 11.1. The van der Waals surface area contributed by atoms with E-state index in [1.165, 1.54) is 24.2 Å². The summed E-state index contributed by atoms with van der Waals surface area (Å²) in [4.78, 5) is 23.3. The zero-order chi connectivity index (χ0) is 12.0. The zero-order valence-electron chi connectivity index (χ0n) is 9.89. The Hall–Kier alpha value is -1.06. The second kappa shape index (κ2) is 6.51. The van der Waals surface area contributed by atoms with Crippen molar-refractivity contribution in [3.8, 4) is 0 Å². The lowest BCUT2D eigenvalue weighted by molar-refractivity contribution is -0.147. The molecule has 92 valence electrons. The average molecular weight is 227 g/mol. The van der Waals surface area contributed by atoms with Crippen LogP contribution in [0.2, 0.25) is 0 Å². The molecule has 1 amide bonds. The van der Waals surface area contributed by atoms with Crippen molar-refractivity contribution in [3.63, 3.8) is 0 Å². The van der Waals surface area contributed by atoms with Crippen LogP contribution in [0.1, 0.15) is 45.4 Å². The Kier molecular flexibility index (Phi) is 5.29. The largest absolute Gasteiger partial charge is 0.480 e. The van der Waals surface area contributed by atoms with Crippen LogP contribution in [0, 0.1) is 5.92 Å². The van der Waals surface area contributed by atoms with Gasteiger partial charge in [0.1, 0.15) is 6.04 Å². The van der Waals surface area contributed by atoms with Gasteiger partial charge in [0.15, 0.2) is 0 Å². The monoisotopic (exact) mass is 227 g/mol. The summed E-state index contributed by atoms with van der Waals surface area (Å²) >= 11 is 0. The molecule has 1 N–H and O–H groups in total. The van der Waals surface area contributed by atoms with E-state index in [0.29, 0.717) is 25.3 Å². The quantitative estimate of drug-likeness (QED) is 0.705. The molecule has 0 radical (unpaired) electrons. The summed E-state index contributed by atoms with van der Waals surface area (Å²) in [5.74, 6) is -0.400. The molecule has 0 spiro atoms. The third kappa shape index (κ3) is 3.51. The molecular formula is C12H21NO3. The van der Waals surface area contributed by atoms with Gasteiger partial charge in [-0.15, -0.1) is 0 Å². The molecule has 4 nitrogen and oxygen atoms in total. The summed E-state index contributed by atoms with van der Waals surface area (Å²) in [6, 6.07) is -0.634. The smallest absolute Gasteiger partial charge is 0.326 e. The number of carboxylic acid groups (broad SMARTS) is 1. The SMILES string of the molecule is CCN(C=O)C(CC1CCCCC1)C(=O)O. The summed E-state index contributed by atoms with van der Waals surface area (Å²) < 4.78 is 0. The minimum Gasteiger partial charge on any atom is -0.480 e. The van der Waals surface area contributed by atoms with Gasteiger partial charge in [-0.2, -0.15) is 0 Å². The van der Waals surface area contributed by atoms with E-state index < -0.39 is 12.0 Å². The normalized spacial score (nSPS) is 19.1. The minimum atomic E-state index is -0.875. The van der Waals surface area contributed by atoms with Gasteiger partial charge in [0.25, 0.3) is 0 Å². The molecule has 0 bridgehead atoms. The van der Waals surface area contributed by atoms with Crippen LogP contribution < -0.4 is 0 Å². The van der Waals surface area contributed by atoms with Crippen LogP contribution in [0.3, 0.4) is 0 Å². The van der Waals surface area contributed by atoms with Gasteiger partial charge in [-0.3, -0.25) is 4.79 Å². The number of nitrogens with zero attached hydrogens (tertiary/aromatic N) is 1. The molecule has 4 heteroatoms. The summed E-state index contributed by atoms with van der Waals surface area (Å²) in [5.41, 5.74) is 0. The molecule has 1 unspecified atom stereocenters. The van der Waals surface area contributed by atoms with E-state index in [-0.39, 0.29) is 0 Å². The summed E-state index contributed by atoms with van der Waals surface area (Å²) in [5, 5.41) is 9.14. The summed E-state index contributed by atoms with van der Waals surface area (Å²) in [6.07, 6.45) is 7.15. The van der Waals surface area contributed by atoms with Crippen LogP contribution in [0.25, 0.3) is 0 Å².